The Labute approximate surface area is 139 Å². The van der Waals surface area contributed by atoms with Crippen LogP contribution in [0.25, 0.3) is 0 Å². The van der Waals surface area contributed by atoms with E-state index in [9.17, 15) is 15.0 Å². The number of hydrogen-bond donors (Lipinski definition) is 2. The van der Waals surface area contributed by atoms with Crippen LogP contribution in [0.2, 0.25) is 5.02 Å². The predicted octanol–water partition coefficient (Wildman–Crippen LogP) is 3.20. The summed E-state index contributed by atoms with van der Waals surface area (Å²) in [5.41, 5.74) is 1.30. The predicted molar refractivity (Wildman–Crippen MR) is 85.6 cm³/mol. The first-order chi connectivity index (χ1) is 10.9. The molecule has 0 heterocycles. The summed E-state index contributed by atoms with van der Waals surface area (Å²) in [6.45, 7) is 1.30. The SMILES string of the molecule is COc1ccc(C(O)c2c(O)cc(COC(C)=O)cc2Cl)cc1. The molecular weight excluding hydrogens is 320 g/mol. The fourth-order valence-corrected chi connectivity index (χ4v) is 2.49. The molecule has 2 N–H and O–H groups in total. The van der Waals surface area contributed by atoms with Crippen molar-refractivity contribution in [1.82, 2.24) is 0 Å². The van der Waals surface area contributed by atoms with Gasteiger partial charge in [0.15, 0.2) is 0 Å². The van der Waals surface area contributed by atoms with Crippen LogP contribution in [-0.4, -0.2) is 23.3 Å². The molecule has 0 aliphatic carbocycles. The molecule has 6 heteroatoms. The lowest BCUT2D eigenvalue weighted by atomic mass is 9.99. The number of phenolic OH excluding ortho intramolecular Hbond substituents is 1. The zero-order valence-corrected chi connectivity index (χ0v) is 13.5. The lowest BCUT2D eigenvalue weighted by Gasteiger charge is -2.16. The zero-order valence-electron chi connectivity index (χ0n) is 12.7. The van der Waals surface area contributed by atoms with Gasteiger partial charge in [0.25, 0.3) is 0 Å². The van der Waals surface area contributed by atoms with Gasteiger partial charge >= 0.3 is 5.97 Å². The largest absolute Gasteiger partial charge is 0.507 e. The molecule has 2 aromatic rings. The van der Waals surface area contributed by atoms with Crippen LogP contribution in [0.5, 0.6) is 11.5 Å². The van der Waals surface area contributed by atoms with E-state index in [0.29, 0.717) is 16.9 Å². The summed E-state index contributed by atoms with van der Waals surface area (Å²) in [6, 6.07) is 9.75. The summed E-state index contributed by atoms with van der Waals surface area (Å²) in [6.07, 6.45) is -1.09. The third kappa shape index (κ3) is 4.15. The van der Waals surface area contributed by atoms with E-state index in [1.807, 2.05) is 0 Å². The van der Waals surface area contributed by atoms with Crippen molar-refractivity contribution in [3.8, 4) is 11.5 Å². The molecule has 0 radical (unpaired) electrons. The molecule has 1 atom stereocenters. The van der Waals surface area contributed by atoms with E-state index in [4.69, 9.17) is 21.1 Å². The van der Waals surface area contributed by atoms with Gasteiger partial charge in [0.1, 0.15) is 24.2 Å². The Kier molecular flexibility index (Phi) is 5.47. The molecule has 5 nitrogen and oxygen atoms in total. The van der Waals surface area contributed by atoms with Crippen LogP contribution in [-0.2, 0) is 16.1 Å². The molecule has 0 aromatic heterocycles. The zero-order chi connectivity index (χ0) is 17.0. The number of phenols is 1. The lowest BCUT2D eigenvalue weighted by molar-refractivity contribution is -0.142. The van der Waals surface area contributed by atoms with E-state index in [0.717, 1.165) is 0 Å². The number of aromatic hydroxyl groups is 1. The highest BCUT2D eigenvalue weighted by atomic mass is 35.5. The van der Waals surface area contributed by atoms with Crippen molar-refractivity contribution in [3.63, 3.8) is 0 Å². The molecule has 23 heavy (non-hydrogen) atoms. The first kappa shape index (κ1) is 17.1. The van der Waals surface area contributed by atoms with Gasteiger partial charge in [-0.1, -0.05) is 23.7 Å². The van der Waals surface area contributed by atoms with Gasteiger partial charge in [-0.2, -0.15) is 0 Å². The number of aliphatic hydroxyl groups is 1. The Morgan fingerprint density at radius 2 is 1.91 bits per heavy atom. The van der Waals surface area contributed by atoms with Crippen LogP contribution in [0.15, 0.2) is 36.4 Å². The highest BCUT2D eigenvalue weighted by molar-refractivity contribution is 6.31. The Balaban J connectivity index is 2.28. The van der Waals surface area contributed by atoms with Gasteiger partial charge in [-0.05, 0) is 35.4 Å². The van der Waals surface area contributed by atoms with Crippen LogP contribution in [0, 0.1) is 0 Å². The van der Waals surface area contributed by atoms with Crippen molar-refractivity contribution >= 4 is 17.6 Å². The molecule has 0 saturated carbocycles. The number of aliphatic hydroxyl groups excluding tert-OH is 1. The number of rotatable bonds is 5. The molecule has 0 aliphatic heterocycles. The molecule has 0 spiro atoms. The first-order valence-electron chi connectivity index (χ1n) is 6.89. The fourth-order valence-electron chi connectivity index (χ4n) is 2.15. The van der Waals surface area contributed by atoms with Gasteiger partial charge in [-0.3, -0.25) is 4.79 Å². The van der Waals surface area contributed by atoms with E-state index < -0.39 is 12.1 Å². The number of ether oxygens (including phenoxy) is 2. The summed E-state index contributed by atoms with van der Waals surface area (Å²) in [4.78, 5) is 10.8. The Hall–Kier alpha value is -2.24. The number of carbonyl (C=O) groups is 1. The molecule has 2 aromatic carbocycles. The molecule has 0 aliphatic rings. The van der Waals surface area contributed by atoms with E-state index in [-0.39, 0.29) is 22.9 Å². The topological polar surface area (TPSA) is 76.0 Å². The van der Waals surface area contributed by atoms with Gasteiger partial charge < -0.3 is 19.7 Å². The van der Waals surface area contributed by atoms with Crippen LogP contribution >= 0.6 is 11.6 Å². The average molecular weight is 337 g/mol. The number of esters is 1. The van der Waals surface area contributed by atoms with Crippen molar-refractivity contribution in [2.75, 3.05) is 7.11 Å². The molecule has 0 bridgehead atoms. The lowest BCUT2D eigenvalue weighted by Crippen LogP contribution is -2.03. The summed E-state index contributed by atoms with van der Waals surface area (Å²) in [7, 11) is 1.55. The Morgan fingerprint density at radius 3 is 2.43 bits per heavy atom. The van der Waals surface area contributed by atoms with Crippen molar-refractivity contribution in [1.29, 1.82) is 0 Å². The third-order valence-electron chi connectivity index (χ3n) is 3.31. The van der Waals surface area contributed by atoms with Crippen LogP contribution in [0.3, 0.4) is 0 Å². The second-order valence-electron chi connectivity index (χ2n) is 4.97. The maximum Gasteiger partial charge on any atom is 0.302 e. The smallest absolute Gasteiger partial charge is 0.302 e. The minimum Gasteiger partial charge on any atom is -0.507 e. The number of methoxy groups -OCH3 is 1. The van der Waals surface area contributed by atoms with E-state index >= 15 is 0 Å². The monoisotopic (exact) mass is 336 g/mol. The standard InChI is InChI=1S/C17H17ClO5/c1-10(19)23-9-11-7-14(18)16(15(20)8-11)17(21)12-3-5-13(22-2)6-4-12/h3-8,17,20-21H,9H2,1-2H3. The van der Waals surface area contributed by atoms with Gasteiger partial charge in [0.2, 0.25) is 0 Å². The minimum atomic E-state index is -1.09. The van der Waals surface area contributed by atoms with Crippen molar-refractivity contribution < 1.29 is 24.5 Å². The number of carbonyl (C=O) groups excluding carboxylic acids is 1. The molecular formula is C17H17ClO5. The van der Waals surface area contributed by atoms with E-state index in [1.54, 1.807) is 37.4 Å². The second kappa shape index (κ2) is 7.35. The van der Waals surface area contributed by atoms with Crippen molar-refractivity contribution in [2.24, 2.45) is 0 Å². The maximum absolute atomic E-state index is 10.8. The summed E-state index contributed by atoms with van der Waals surface area (Å²) in [5, 5.41) is 20.8. The Morgan fingerprint density at radius 1 is 1.26 bits per heavy atom. The fraction of sp³-hybridized carbons (Fsp3) is 0.235. The average Bonchev–Trinajstić information content (AvgIpc) is 2.52. The van der Waals surface area contributed by atoms with Gasteiger partial charge in [0.05, 0.1) is 12.1 Å². The van der Waals surface area contributed by atoms with Gasteiger partial charge in [-0.15, -0.1) is 0 Å². The summed E-state index contributed by atoms with van der Waals surface area (Å²) >= 11 is 6.17. The first-order valence-corrected chi connectivity index (χ1v) is 7.27. The molecule has 0 fully saturated rings. The van der Waals surface area contributed by atoms with Crippen LogP contribution < -0.4 is 4.74 Å². The summed E-state index contributed by atoms with van der Waals surface area (Å²) < 4.78 is 9.93. The summed E-state index contributed by atoms with van der Waals surface area (Å²) in [5.74, 6) is 0.0684. The highest BCUT2D eigenvalue weighted by Gasteiger charge is 2.19. The molecule has 0 saturated heterocycles. The van der Waals surface area contributed by atoms with E-state index in [2.05, 4.69) is 0 Å². The van der Waals surface area contributed by atoms with Gasteiger partial charge in [0, 0.05) is 12.5 Å². The number of hydrogen-bond acceptors (Lipinski definition) is 5. The third-order valence-corrected chi connectivity index (χ3v) is 3.63. The quantitative estimate of drug-likeness (QED) is 0.820. The normalized spacial score (nSPS) is 11.8. The minimum absolute atomic E-state index is 0.00151. The second-order valence-corrected chi connectivity index (χ2v) is 5.37. The van der Waals surface area contributed by atoms with Crippen molar-refractivity contribution in [2.45, 2.75) is 19.6 Å². The molecule has 122 valence electrons. The molecule has 2 rings (SSSR count). The van der Waals surface area contributed by atoms with Crippen LogP contribution in [0.4, 0.5) is 0 Å². The van der Waals surface area contributed by atoms with Crippen LogP contribution in [0.1, 0.15) is 29.7 Å². The molecule has 1 unspecified atom stereocenters. The number of halogens is 1. The van der Waals surface area contributed by atoms with Gasteiger partial charge in [-0.25, -0.2) is 0 Å². The highest BCUT2D eigenvalue weighted by Crippen LogP contribution is 2.36. The number of benzene rings is 2. The maximum atomic E-state index is 10.8. The van der Waals surface area contributed by atoms with E-state index in [1.165, 1.54) is 13.0 Å². The molecule has 0 amide bonds. The Bertz CT molecular complexity index is 674. The van der Waals surface area contributed by atoms with Crippen molar-refractivity contribution in [3.05, 3.63) is 58.1 Å².